The first-order valence-electron chi connectivity index (χ1n) is 9.44. The molecule has 5 rings (SSSR count). The summed E-state index contributed by atoms with van der Waals surface area (Å²) in [6, 6.07) is 20.1. The summed E-state index contributed by atoms with van der Waals surface area (Å²) in [6.45, 7) is 1.97. The Kier molecular flexibility index (Phi) is 4.65. The van der Waals surface area contributed by atoms with Crippen LogP contribution in [0.1, 0.15) is 5.69 Å². The average Bonchev–Trinajstić information content (AvgIpc) is 2.77. The number of aryl methyl sites for hydroxylation is 1. The van der Waals surface area contributed by atoms with E-state index in [-0.39, 0.29) is 0 Å². The first kappa shape index (κ1) is 18.3. The highest BCUT2D eigenvalue weighted by Crippen LogP contribution is 2.37. The smallest absolute Gasteiger partial charge is 0.158 e. The number of para-hydroxylation sites is 2. The molecular weight excluding hydrogens is 392 g/mol. The van der Waals surface area contributed by atoms with E-state index in [9.17, 15) is 0 Å². The molecule has 7 heteroatoms. The predicted molar refractivity (Wildman–Crippen MR) is 122 cm³/mol. The number of hydrogen-bond donors (Lipinski definition) is 2. The monoisotopic (exact) mass is 410 g/mol. The summed E-state index contributed by atoms with van der Waals surface area (Å²) in [7, 11) is 0. The van der Waals surface area contributed by atoms with Gasteiger partial charge in [-0.1, -0.05) is 48.2 Å². The lowest BCUT2D eigenvalue weighted by atomic mass is 10.1. The van der Waals surface area contributed by atoms with Gasteiger partial charge in [0.2, 0.25) is 0 Å². The maximum absolute atomic E-state index is 6.45. The Bertz CT molecular complexity index is 1380. The minimum atomic E-state index is 0.486. The van der Waals surface area contributed by atoms with Gasteiger partial charge >= 0.3 is 0 Å². The Morgan fingerprint density at radius 3 is 2.53 bits per heavy atom. The van der Waals surface area contributed by atoms with E-state index in [4.69, 9.17) is 5.73 Å². The number of nitrogens with zero attached hydrogens (tertiary/aromatic N) is 4. The van der Waals surface area contributed by atoms with Crippen LogP contribution in [-0.4, -0.2) is 19.9 Å². The number of nitrogens with two attached hydrogens (primary N) is 1. The number of fused-ring (bicyclic) bond motifs is 2. The minimum Gasteiger partial charge on any atom is -0.394 e. The van der Waals surface area contributed by atoms with Gasteiger partial charge in [0.05, 0.1) is 16.7 Å². The molecule has 146 valence electrons. The van der Waals surface area contributed by atoms with Crippen molar-refractivity contribution in [2.24, 2.45) is 0 Å². The highest BCUT2D eigenvalue weighted by atomic mass is 32.2. The summed E-state index contributed by atoms with van der Waals surface area (Å²) in [5.41, 5.74) is 10.5. The van der Waals surface area contributed by atoms with Crippen LogP contribution in [0.4, 0.5) is 17.2 Å². The second kappa shape index (κ2) is 7.61. The molecule has 0 radical (unpaired) electrons. The fraction of sp³-hybridized carbons (Fsp3) is 0.0435. The number of rotatable bonds is 4. The Morgan fingerprint density at radius 2 is 1.63 bits per heavy atom. The lowest BCUT2D eigenvalue weighted by Gasteiger charge is -2.13. The van der Waals surface area contributed by atoms with Crippen molar-refractivity contribution in [2.75, 3.05) is 11.1 Å². The van der Waals surface area contributed by atoms with E-state index in [2.05, 4.69) is 31.3 Å². The van der Waals surface area contributed by atoms with E-state index >= 15 is 0 Å². The van der Waals surface area contributed by atoms with Crippen LogP contribution in [0.25, 0.3) is 21.8 Å². The fourth-order valence-electron chi connectivity index (χ4n) is 3.30. The van der Waals surface area contributed by atoms with Gasteiger partial charge in [-0.25, -0.2) is 9.97 Å². The molecule has 3 aromatic heterocycles. The number of benzene rings is 2. The number of nitrogen functional groups attached to an aromatic ring is 1. The van der Waals surface area contributed by atoms with Crippen molar-refractivity contribution < 1.29 is 0 Å². The van der Waals surface area contributed by atoms with E-state index in [1.807, 2.05) is 61.5 Å². The Labute approximate surface area is 177 Å². The van der Waals surface area contributed by atoms with Gasteiger partial charge in [0.25, 0.3) is 0 Å². The average molecular weight is 411 g/mol. The van der Waals surface area contributed by atoms with Crippen LogP contribution in [0.15, 0.2) is 83.1 Å². The number of nitrogens with one attached hydrogen (secondary N) is 1. The maximum atomic E-state index is 6.45. The third kappa shape index (κ3) is 3.40. The van der Waals surface area contributed by atoms with Crippen molar-refractivity contribution in [3.8, 4) is 0 Å². The third-order valence-corrected chi connectivity index (χ3v) is 5.83. The van der Waals surface area contributed by atoms with Crippen LogP contribution >= 0.6 is 11.8 Å². The highest BCUT2D eigenvalue weighted by molar-refractivity contribution is 7.99. The minimum absolute atomic E-state index is 0.486. The number of anilines is 3. The summed E-state index contributed by atoms with van der Waals surface area (Å²) in [5.74, 6) is 0.552. The lowest BCUT2D eigenvalue weighted by molar-refractivity contribution is 1.06. The van der Waals surface area contributed by atoms with Gasteiger partial charge in [-0.3, -0.25) is 9.97 Å². The zero-order chi connectivity index (χ0) is 20.5. The third-order valence-electron chi connectivity index (χ3n) is 4.76. The van der Waals surface area contributed by atoms with Gasteiger partial charge in [-0.15, -0.1) is 0 Å². The quantitative estimate of drug-likeness (QED) is 0.386. The van der Waals surface area contributed by atoms with Crippen LogP contribution in [0.5, 0.6) is 0 Å². The zero-order valence-electron chi connectivity index (χ0n) is 16.2. The summed E-state index contributed by atoms with van der Waals surface area (Å²) < 4.78 is 0. The molecule has 0 unspecified atom stereocenters. The second-order valence-electron chi connectivity index (χ2n) is 6.83. The molecule has 0 fully saturated rings. The molecule has 6 nitrogen and oxygen atoms in total. The van der Waals surface area contributed by atoms with Gasteiger partial charge in [0, 0.05) is 27.6 Å². The van der Waals surface area contributed by atoms with Crippen molar-refractivity contribution >= 4 is 50.8 Å². The van der Waals surface area contributed by atoms with Gasteiger partial charge in [0.15, 0.2) is 5.82 Å². The van der Waals surface area contributed by atoms with Gasteiger partial charge in [0.1, 0.15) is 17.0 Å². The molecule has 0 spiro atoms. The lowest BCUT2D eigenvalue weighted by Crippen LogP contribution is -2.03. The van der Waals surface area contributed by atoms with Gasteiger partial charge in [-0.05, 0) is 31.2 Å². The molecule has 30 heavy (non-hydrogen) atoms. The van der Waals surface area contributed by atoms with Crippen molar-refractivity contribution in [1.82, 2.24) is 19.9 Å². The molecule has 0 aliphatic heterocycles. The van der Waals surface area contributed by atoms with Crippen LogP contribution in [0, 0.1) is 6.92 Å². The van der Waals surface area contributed by atoms with E-state index in [1.165, 1.54) is 18.1 Å². The highest BCUT2D eigenvalue weighted by Gasteiger charge is 2.13. The molecule has 0 aliphatic rings. The predicted octanol–water partition coefficient (Wildman–Crippen LogP) is 5.36. The summed E-state index contributed by atoms with van der Waals surface area (Å²) in [4.78, 5) is 18.9. The van der Waals surface area contributed by atoms with Crippen molar-refractivity contribution in [2.45, 2.75) is 16.8 Å². The van der Waals surface area contributed by atoms with Crippen molar-refractivity contribution in [3.05, 3.63) is 78.9 Å². The SMILES string of the molecule is Cc1ccc2cccc(Nc3ncnc(Sc4cccc5cccnc45)c3N)c2n1. The molecule has 0 atom stereocenters. The Morgan fingerprint density at radius 1 is 0.833 bits per heavy atom. The van der Waals surface area contributed by atoms with Crippen molar-refractivity contribution in [1.29, 1.82) is 0 Å². The number of pyridine rings is 2. The Hall–Kier alpha value is -3.71. The number of aromatic nitrogens is 4. The van der Waals surface area contributed by atoms with Crippen LogP contribution in [0.3, 0.4) is 0 Å². The maximum Gasteiger partial charge on any atom is 0.158 e. The van der Waals surface area contributed by atoms with Crippen LogP contribution in [0.2, 0.25) is 0 Å². The second-order valence-corrected chi connectivity index (χ2v) is 7.86. The largest absolute Gasteiger partial charge is 0.394 e. The molecule has 3 heterocycles. The van der Waals surface area contributed by atoms with E-state index in [1.54, 1.807) is 6.20 Å². The first-order valence-corrected chi connectivity index (χ1v) is 10.3. The van der Waals surface area contributed by atoms with E-state index in [0.717, 1.165) is 38.1 Å². The number of hydrogen-bond acceptors (Lipinski definition) is 7. The molecule has 0 saturated carbocycles. The molecule has 0 amide bonds. The summed E-state index contributed by atoms with van der Waals surface area (Å²) in [6.07, 6.45) is 3.31. The Balaban J connectivity index is 1.52. The molecule has 0 aliphatic carbocycles. The van der Waals surface area contributed by atoms with Crippen molar-refractivity contribution in [3.63, 3.8) is 0 Å². The molecule has 5 aromatic rings. The summed E-state index contributed by atoms with van der Waals surface area (Å²) >= 11 is 1.48. The topological polar surface area (TPSA) is 89.6 Å². The van der Waals surface area contributed by atoms with Crippen LogP contribution < -0.4 is 11.1 Å². The zero-order valence-corrected chi connectivity index (χ0v) is 17.0. The molecule has 2 aromatic carbocycles. The van der Waals surface area contributed by atoms with E-state index < -0.39 is 0 Å². The van der Waals surface area contributed by atoms with Gasteiger partial charge < -0.3 is 11.1 Å². The molecule has 3 N–H and O–H groups in total. The molecular formula is C23H18N6S. The fourth-order valence-corrected chi connectivity index (χ4v) is 4.22. The molecule has 0 bridgehead atoms. The first-order chi connectivity index (χ1) is 14.7. The summed E-state index contributed by atoms with van der Waals surface area (Å²) in [5, 5.41) is 6.14. The normalized spacial score (nSPS) is 11.1. The van der Waals surface area contributed by atoms with Gasteiger partial charge in [-0.2, -0.15) is 0 Å². The van der Waals surface area contributed by atoms with E-state index in [0.29, 0.717) is 16.5 Å². The standard InChI is InChI=1S/C23H18N6S/c1-14-10-11-16-5-2-8-17(20(16)28-14)29-22-19(24)23(27-13-26-22)30-18-9-3-6-15-7-4-12-25-21(15)18/h2-13H,24H2,1H3,(H,26,27,29). The molecule has 0 saturated heterocycles. The van der Waals surface area contributed by atoms with Crippen LogP contribution in [-0.2, 0) is 0 Å².